The van der Waals surface area contributed by atoms with Gasteiger partial charge in [-0.05, 0) is 25.3 Å². The SMILES string of the molecule is CN1C[C@H]2COC[C@@H]1CN(C(=O)C1=Cc3ccccc3OC=C1)C2. The van der Waals surface area contributed by atoms with Gasteiger partial charge >= 0.3 is 0 Å². The smallest absolute Gasteiger partial charge is 0.254 e. The maximum Gasteiger partial charge on any atom is 0.254 e. The third-order valence-corrected chi connectivity index (χ3v) is 4.95. The highest BCUT2D eigenvalue weighted by Crippen LogP contribution is 2.26. The summed E-state index contributed by atoms with van der Waals surface area (Å²) in [6, 6.07) is 8.02. The Morgan fingerprint density at radius 2 is 2.04 bits per heavy atom. The molecule has 0 radical (unpaired) electrons. The van der Waals surface area contributed by atoms with Gasteiger partial charge in [0.2, 0.25) is 0 Å². The number of nitrogens with zero attached hydrogens (tertiary/aromatic N) is 2. The number of hydrogen-bond acceptors (Lipinski definition) is 4. The summed E-state index contributed by atoms with van der Waals surface area (Å²) < 4.78 is 11.3. The van der Waals surface area contributed by atoms with Crippen LogP contribution in [-0.4, -0.2) is 61.6 Å². The van der Waals surface area contributed by atoms with Gasteiger partial charge in [0.25, 0.3) is 5.91 Å². The third-order valence-electron chi connectivity index (χ3n) is 4.95. The quantitative estimate of drug-likeness (QED) is 0.789. The summed E-state index contributed by atoms with van der Waals surface area (Å²) in [6.07, 6.45) is 5.29. The highest BCUT2D eigenvalue weighted by Gasteiger charge is 2.34. The van der Waals surface area contributed by atoms with Crippen molar-refractivity contribution < 1.29 is 14.3 Å². The highest BCUT2D eigenvalue weighted by molar-refractivity contribution is 6.01. The molecule has 0 aromatic heterocycles. The van der Waals surface area contributed by atoms with E-state index in [2.05, 4.69) is 11.9 Å². The molecule has 1 amide bonds. The van der Waals surface area contributed by atoms with E-state index >= 15 is 0 Å². The lowest BCUT2D eigenvalue weighted by Gasteiger charge is -2.30. The van der Waals surface area contributed by atoms with Gasteiger partial charge in [-0.25, -0.2) is 0 Å². The zero-order valence-electron chi connectivity index (χ0n) is 13.9. The minimum atomic E-state index is 0.0683. The number of para-hydroxylation sites is 1. The second kappa shape index (κ2) is 6.42. The van der Waals surface area contributed by atoms with E-state index in [1.54, 1.807) is 12.3 Å². The molecule has 5 nitrogen and oxygen atoms in total. The van der Waals surface area contributed by atoms with Gasteiger partial charge in [-0.3, -0.25) is 9.69 Å². The van der Waals surface area contributed by atoms with E-state index in [9.17, 15) is 4.79 Å². The molecule has 3 heterocycles. The summed E-state index contributed by atoms with van der Waals surface area (Å²) in [7, 11) is 2.12. The average Bonchev–Trinajstić information content (AvgIpc) is 2.94. The molecule has 0 aliphatic carbocycles. The maximum absolute atomic E-state index is 13.1. The summed E-state index contributed by atoms with van der Waals surface area (Å²) in [6.45, 7) is 3.85. The van der Waals surface area contributed by atoms with E-state index in [4.69, 9.17) is 9.47 Å². The Morgan fingerprint density at radius 1 is 1.17 bits per heavy atom. The largest absolute Gasteiger partial charge is 0.464 e. The Morgan fingerprint density at radius 3 is 2.96 bits per heavy atom. The van der Waals surface area contributed by atoms with Gasteiger partial charge in [0.05, 0.1) is 25.5 Å². The summed E-state index contributed by atoms with van der Waals surface area (Å²) in [5.74, 6) is 1.21. The fourth-order valence-corrected chi connectivity index (χ4v) is 3.63. The average molecular weight is 326 g/mol. The third kappa shape index (κ3) is 2.97. The normalized spacial score (nSPS) is 26.7. The summed E-state index contributed by atoms with van der Waals surface area (Å²) in [5, 5.41) is 0. The van der Waals surface area contributed by atoms with E-state index < -0.39 is 0 Å². The molecule has 2 fully saturated rings. The molecule has 0 spiro atoms. The number of likely N-dealkylation sites (N-methyl/N-ethyl adjacent to an activating group) is 1. The zero-order chi connectivity index (χ0) is 16.5. The lowest BCUT2D eigenvalue weighted by molar-refractivity contribution is -0.128. The molecule has 5 heteroatoms. The molecule has 0 unspecified atom stereocenters. The molecule has 2 bridgehead atoms. The zero-order valence-corrected chi connectivity index (χ0v) is 13.9. The fraction of sp³-hybridized carbons (Fsp3) is 0.421. The highest BCUT2D eigenvalue weighted by atomic mass is 16.5. The van der Waals surface area contributed by atoms with Gasteiger partial charge < -0.3 is 14.4 Å². The van der Waals surface area contributed by atoms with Crippen molar-refractivity contribution in [2.45, 2.75) is 6.04 Å². The van der Waals surface area contributed by atoms with Crippen LogP contribution in [0.15, 0.2) is 42.2 Å². The van der Waals surface area contributed by atoms with E-state index in [1.165, 1.54) is 0 Å². The molecule has 24 heavy (non-hydrogen) atoms. The number of amides is 1. The Labute approximate surface area is 142 Å². The number of rotatable bonds is 1. The number of carbonyl (C=O) groups is 1. The van der Waals surface area contributed by atoms with Crippen LogP contribution in [0.1, 0.15) is 5.56 Å². The van der Waals surface area contributed by atoms with Crippen LogP contribution in [0.25, 0.3) is 6.08 Å². The maximum atomic E-state index is 13.1. The first-order valence-electron chi connectivity index (χ1n) is 8.42. The van der Waals surface area contributed by atoms with Crippen LogP contribution in [0, 0.1) is 5.92 Å². The van der Waals surface area contributed by atoms with Crippen LogP contribution in [-0.2, 0) is 9.53 Å². The van der Waals surface area contributed by atoms with E-state index in [0.717, 1.165) is 31.0 Å². The van der Waals surface area contributed by atoms with Crippen molar-refractivity contribution in [3.63, 3.8) is 0 Å². The standard InChI is InChI=1S/C19H22N2O3/c1-20-9-14-10-21(11-17(20)13-23-12-14)19(22)16-6-7-24-18-5-3-2-4-15(18)8-16/h2-8,14,17H,9-13H2,1H3/t14-,17+/m1/s1. The van der Waals surface area contributed by atoms with Crippen LogP contribution in [0.5, 0.6) is 5.75 Å². The minimum Gasteiger partial charge on any atom is -0.464 e. The number of hydrogen-bond donors (Lipinski definition) is 0. The molecule has 2 saturated heterocycles. The van der Waals surface area contributed by atoms with Crippen molar-refractivity contribution in [2.75, 3.05) is 39.9 Å². The lowest BCUT2D eigenvalue weighted by atomic mass is 10.1. The number of benzene rings is 1. The van der Waals surface area contributed by atoms with Crippen molar-refractivity contribution in [1.82, 2.24) is 9.80 Å². The molecular weight excluding hydrogens is 304 g/mol. The second-order valence-electron chi connectivity index (χ2n) is 6.77. The molecule has 3 aliphatic rings. The molecule has 0 N–H and O–H groups in total. The van der Waals surface area contributed by atoms with Crippen LogP contribution < -0.4 is 4.74 Å². The minimum absolute atomic E-state index is 0.0683. The second-order valence-corrected chi connectivity index (χ2v) is 6.77. The monoisotopic (exact) mass is 326 g/mol. The molecule has 1 aromatic carbocycles. The number of fused-ring (bicyclic) bond motifs is 4. The molecule has 4 rings (SSSR count). The van der Waals surface area contributed by atoms with Crippen LogP contribution in [0.4, 0.5) is 0 Å². The van der Waals surface area contributed by atoms with E-state index in [-0.39, 0.29) is 11.9 Å². The van der Waals surface area contributed by atoms with E-state index in [1.807, 2.05) is 35.2 Å². The van der Waals surface area contributed by atoms with Gasteiger partial charge in [0, 0.05) is 36.7 Å². The summed E-state index contributed by atoms with van der Waals surface area (Å²) >= 11 is 0. The van der Waals surface area contributed by atoms with Gasteiger partial charge in [0.15, 0.2) is 0 Å². The Hall–Kier alpha value is -2.11. The summed E-state index contributed by atoms with van der Waals surface area (Å²) in [4.78, 5) is 17.4. The van der Waals surface area contributed by atoms with Crippen LogP contribution in [0.2, 0.25) is 0 Å². The molecule has 3 aliphatic heterocycles. The molecule has 0 saturated carbocycles. The van der Waals surface area contributed by atoms with E-state index in [0.29, 0.717) is 24.6 Å². The van der Waals surface area contributed by atoms with Crippen molar-refractivity contribution >= 4 is 12.0 Å². The Balaban J connectivity index is 1.60. The van der Waals surface area contributed by atoms with Crippen molar-refractivity contribution in [3.8, 4) is 5.75 Å². The van der Waals surface area contributed by atoms with Gasteiger partial charge in [-0.2, -0.15) is 0 Å². The predicted octanol–water partition coefficient (Wildman–Crippen LogP) is 1.77. The fourth-order valence-electron chi connectivity index (χ4n) is 3.63. The molecular formula is C19H22N2O3. The molecule has 1 aromatic rings. The first kappa shape index (κ1) is 15.4. The van der Waals surface area contributed by atoms with Crippen molar-refractivity contribution in [1.29, 1.82) is 0 Å². The Kier molecular flexibility index (Phi) is 4.12. The Bertz CT molecular complexity index is 698. The molecule has 126 valence electrons. The first-order chi connectivity index (χ1) is 11.7. The number of carbonyl (C=O) groups excluding carboxylic acids is 1. The van der Waals surface area contributed by atoms with Crippen LogP contribution >= 0.6 is 0 Å². The van der Waals surface area contributed by atoms with Gasteiger partial charge in [0.1, 0.15) is 5.75 Å². The lowest BCUT2D eigenvalue weighted by Crippen LogP contribution is -2.45. The number of ether oxygens (including phenoxy) is 2. The van der Waals surface area contributed by atoms with Crippen LogP contribution in [0.3, 0.4) is 0 Å². The topological polar surface area (TPSA) is 42.0 Å². The van der Waals surface area contributed by atoms with Gasteiger partial charge in [-0.15, -0.1) is 0 Å². The van der Waals surface area contributed by atoms with Gasteiger partial charge in [-0.1, -0.05) is 18.2 Å². The first-order valence-corrected chi connectivity index (χ1v) is 8.42. The summed E-state index contributed by atoms with van der Waals surface area (Å²) in [5.41, 5.74) is 1.60. The predicted molar refractivity (Wildman–Crippen MR) is 91.5 cm³/mol. The van der Waals surface area contributed by atoms with Crippen molar-refractivity contribution in [2.24, 2.45) is 5.92 Å². The molecule has 2 atom stereocenters. The van der Waals surface area contributed by atoms with Crippen molar-refractivity contribution in [3.05, 3.63) is 47.7 Å².